The number of benzene rings is 3. The van der Waals surface area contributed by atoms with Gasteiger partial charge in [-0.05, 0) is 23.6 Å². The summed E-state index contributed by atoms with van der Waals surface area (Å²) in [6.45, 7) is 2.11. The van der Waals surface area contributed by atoms with Gasteiger partial charge in [-0.1, -0.05) is 90.5 Å². The van der Waals surface area contributed by atoms with Crippen LogP contribution in [0.15, 0.2) is 89.9 Å². The molecule has 0 bridgehead atoms. The second-order valence-corrected chi connectivity index (χ2v) is 5.41. The molecule has 1 unspecified atom stereocenters. The van der Waals surface area contributed by atoms with Crippen molar-refractivity contribution in [2.75, 3.05) is 0 Å². The Morgan fingerprint density at radius 1 is 0.682 bits per heavy atom. The van der Waals surface area contributed by atoms with Gasteiger partial charge in [-0.3, -0.25) is 4.99 Å². The third-order valence-corrected chi connectivity index (χ3v) is 3.68. The number of aliphatic imine (C=N–C) groups is 1. The Morgan fingerprint density at radius 3 is 1.86 bits per heavy atom. The molecule has 0 saturated heterocycles. The lowest BCUT2D eigenvalue weighted by molar-refractivity contribution is 0.877. The lowest BCUT2D eigenvalue weighted by Crippen LogP contribution is -1.99. The molecule has 0 aliphatic rings. The normalized spacial score (nSPS) is 12.4. The van der Waals surface area contributed by atoms with Crippen molar-refractivity contribution in [3.8, 4) is 0 Å². The van der Waals surface area contributed by atoms with Gasteiger partial charge in [-0.15, -0.1) is 0 Å². The Kier molecular flexibility index (Phi) is 4.45. The van der Waals surface area contributed by atoms with Crippen molar-refractivity contribution >= 4 is 6.21 Å². The Morgan fingerprint density at radius 2 is 1.23 bits per heavy atom. The molecule has 1 heteroatoms. The molecule has 0 aromatic heterocycles. The minimum absolute atomic E-state index is 0.0296. The smallest absolute Gasteiger partial charge is 0.0999 e. The molecular weight excluding hydrogens is 266 g/mol. The zero-order valence-electron chi connectivity index (χ0n) is 12.7. The highest BCUT2D eigenvalue weighted by molar-refractivity contribution is 5.79. The molecule has 0 fully saturated rings. The van der Waals surface area contributed by atoms with Crippen molar-refractivity contribution in [2.24, 2.45) is 4.99 Å². The summed E-state index contributed by atoms with van der Waals surface area (Å²) >= 11 is 0. The molecule has 3 aromatic rings. The molecule has 0 spiro atoms. The van der Waals surface area contributed by atoms with Crippen molar-refractivity contribution in [3.63, 3.8) is 0 Å². The Bertz CT molecular complexity index is 728. The molecule has 1 nitrogen and oxygen atoms in total. The van der Waals surface area contributed by atoms with Crippen LogP contribution in [0.5, 0.6) is 0 Å². The molecule has 0 radical (unpaired) electrons. The molecular formula is C21H19N. The summed E-state index contributed by atoms with van der Waals surface area (Å²) in [6.07, 6.45) is 1.96. The molecule has 3 aromatic carbocycles. The topological polar surface area (TPSA) is 12.4 Å². The van der Waals surface area contributed by atoms with E-state index in [1.807, 2.05) is 30.5 Å². The molecule has 0 saturated carbocycles. The van der Waals surface area contributed by atoms with Gasteiger partial charge in [-0.2, -0.15) is 0 Å². The molecule has 3 rings (SSSR count). The SMILES string of the molecule is Cc1ccc(C(N=Cc2ccccc2)c2ccccc2)cc1. The quantitative estimate of drug-likeness (QED) is 0.584. The van der Waals surface area contributed by atoms with Gasteiger partial charge in [0.1, 0.15) is 0 Å². The second-order valence-electron chi connectivity index (χ2n) is 5.41. The maximum Gasteiger partial charge on any atom is 0.0999 e. The molecule has 22 heavy (non-hydrogen) atoms. The van der Waals surface area contributed by atoms with Crippen LogP contribution >= 0.6 is 0 Å². The van der Waals surface area contributed by atoms with Crippen LogP contribution in [0.1, 0.15) is 28.3 Å². The van der Waals surface area contributed by atoms with Crippen molar-refractivity contribution in [1.82, 2.24) is 0 Å². The number of aryl methyl sites for hydroxylation is 1. The van der Waals surface area contributed by atoms with E-state index in [4.69, 9.17) is 4.99 Å². The lowest BCUT2D eigenvalue weighted by atomic mass is 9.98. The fraction of sp³-hybridized carbons (Fsp3) is 0.0952. The van der Waals surface area contributed by atoms with Crippen LogP contribution in [0.4, 0.5) is 0 Å². The van der Waals surface area contributed by atoms with Crippen LogP contribution in [0, 0.1) is 6.92 Å². The molecule has 0 heterocycles. The predicted molar refractivity (Wildman–Crippen MR) is 93.5 cm³/mol. The second kappa shape index (κ2) is 6.86. The van der Waals surface area contributed by atoms with E-state index in [0.717, 1.165) is 5.56 Å². The minimum Gasteiger partial charge on any atom is -0.280 e. The van der Waals surface area contributed by atoms with Crippen molar-refractivity contribution in [3.05, 3.63) is 107 Å². The summed E-state index contributed by atoms with van der Waals surface area (Å²) in [4.78, 5) is 4.84. The Labute approximate surface area is 132 Å². The molecule has 0 aliphatic heterocycles. The standard InChI is InChI=1S/C21H19N/c1-17-12-14-20(15-13-17)21(19-10-6-3-7-11-19)22-16-18-8-4-2-5-9-18/h2-16,21H,1H3. The van der Waals surface area contributed by atoms with Gasteiger partial charge in [0, 0.05) is 6.21 Å². The highest BCUT2D eigenvalue weighted by Gasteiger charge is 2.11. The fourth-order valence-electron chi connectivity index (χ4n) is 2.45. The van der Waals surface area contributed by atoms with Crippen LogP contribution in [0.3, 0.4) is 0 Å². The van der Waals surface area contributed by atoms with Gasteiger partial charge in [0.2, 0.25) is 0 Å². The van der Waals surface area contributed by atoms with Crippen LogP contribution in [-0.4, -0.2) is 6.21 Å². The van der Waals surface area contributed by atoms with Crippen LogP contribution < -0.4 is 0 Å². The number of nitrogens with zero attached hydrogens (tertiary/aromatic N) is 1. The maximum atomic E-state index is 4.84. The summed E-state index contributed by atoms with van der Waals surface area (Å²) in [7, 11) is 0. The van der Waals surface area contributed by atoms with Gasteiger partial charge in [-0.25, -0.2) is 0 Å². The van der Waals surface area contributed by atoms with E-state index in [-0.39, 0.29) is 6.04 Å². The Hall–Kier alpha value is -2.67. The molecule has 0 amide bonds. The number of hydrogen-bond donors (Lipinski definition) is 0. The van der Waals surface area contributed by atoms with Gasteiger partial charge >= 0.3 is 0 Å². The third kappa shape index (κ3) is 3.50. The maximum absolute atomic E-state index is 4.84. The lowest BCUT2D eigenvalue weighted by Gasteiger charge is -2.14. The van der Waals surface area contributed by atoms with Gasteiger partial charge < -0.3 is 0 Å². The summed E-state index contributed by atoms with van der Waals surface area (Å²) in [5.41, 5.74) is 4.81. The first kappa shape index (κ1) is 14.3. The first-order chi connectivity index (χ1) is 10.8. The predicted octanol–water partition coefficient (Wildman–Crippen LogP) is 5.20. The molecule has 108 valence electrons. The zero-order chi connectivity index (χ0) is 15.2. The van der Waals surface area contributed by atoms with Crippen LogP contribution in [-0.2, 0) is 0 Å². The monoisotopic (exact) mass is 285 g/mol. The largest absolute Gasteiger partial charge is 0.280 e. The van der Waals surface area contributed by atoms with Crippen molar-refractivity contribution < 1.29 is 0 Å². The Balaban J connectivity index is 1.96. The molecule has 0 aliphatic carbocycles. The minimum atomic E-state index is 0.0296. The fourth-order valence-corrected chi connectivity index (χ4v) is 2.45. The van der Waals surface area contributed by atoms with Crippen molar-refractivity contribution in [1.29, 1.82) is 0 Å². The average Bonchev–Trinajstić information content (AvgIpc) is 2.58. The number of rotatable bonds is 4. The highest BCUT2D eigenvalue weighted by atomic mass is 14.8. The van der Waals surface area contributed by atoms with Gasteiger partial charge in [0.05, 0.1) is 6.04 Å². The average molecular weight is 285 g/mol. The van der Waals surface area contributed by atoms with E-state index in [0.29, 0.717) is 0 Å². The van der Waals surface area contributed by atoms with Gasteiger partial charge in [0.15, 0.2) is 0 Å². The zero-order valence-corrected chi connectivity index (χ0v) is 12.7. The summed E-state index contributed by atoms with van der Waals surface area (Å²) in [5.74, 6) is 0. The van der Waals surface area contributed by atoms with E-state index in [2.05, 4.69) is 67.6 Å². The molecule has 1 atom stereocenters. The third-order valence-electron chi connectivity index (χ3n) is 3.68. The van der Waals surface area contributed by atoms with Crippen LogP contribution in [0.25, 0.3) is 0 Å². The van der Waals surface area contributed by atoms with E-state index >= 15 is 0 Å². The van der Waals surface area contributed by atoms with E-state index in [9.17, 15) is 0 Å². The van der Waals surface area contributed by atoms with Crippen molar-refractivity contribution in [2.45, 2.75) is 13.0 Å². The van der Waals surface area contributed by atoms with E-state index < -0.39 is 0 Å². The summed E-state index contributed by atoms with van der Waals surface area (Å²) in [5, 5.41) is 0. The summed E-state index contributed by atoms with van der Waals surface area (Å²) in [6, 6.07) is 29.3. The molecule has 0 N–H and O–H groups in total. The van der Waals surface area contributed by atoms with Gasteiger partial charge in [0.25, 0.3) is 0 Å². The first-order valence-corrected chi connectivity index (χ1v) is 7.53. The summed E-state index contributed by atoms with van der Waals surface area (Å²) < 4.78 is 0. The highest BCUT2D eigenvalue weighted by Crippen LogP contribution is 2.26. The first-order valence-electron chi connectivity index (χ1n) is 7.53. The van der Waals surface area contributed by atoms with E-state index in [1.165, 1.54) is 16.7 Å². The van der Waals surface area contributed by atoms with E-state index in [1.54, 1.807) is 0 Å². The van der Waals surface area contributed by atoms with Crippen LogP contribution in [0.2, 0.25) is 0 Å². The number of hydrogen-bond acceptors (Lipinski definition) is 1.